The Kier molecular flexibility index (Phi) is 5.04. The van der Waals surface area contributed by atoms with E-state index in [0.29, 0.717) is 20.7 Å². The third-order valence-electron chi connectivity index (χ3n) is 2.87. The summed E-state index contributed by atoms with van der Waals surface area (Å²) >= 11 is 18.9. The van der Waals surface area contributed by atoms with Crippen LogP contribution in [0, 0.1) is 0 Å². The molecular weight excluding hydrogens is 379 g/mol. The fourth-order valence-corrected chi connectivity index (χ4v) is 3.38. The molecule has 0 unspecified atom stereocenters. The molecule has 0 spiro atoms. The number of hydrogen-bond donors (Lipinski definition) is 2. The van der Waals surface area contributed by atoms with E-state index in [4.69, 9.17) is 39.2 Å². The zero-order valence-electron chi connectivity index (χ0n) is 11.4. The van der Waals surface area contributed by atoms with E-state index in [1.807, 2.05) is 0 Å². The molecule has 0 fully saturated rings. The smallest absolute Gasteiger partial charge is 0.301 e. The molecule has 0 saturated carbocycles. The molecule has 0 bridgehead atoms. The van der Waals surface area contributed by atoms with Crippen LogP contribution in [0.5, 0.6) is 0 Å². The molecule has 23 heavy (non-hydrogen) atoms. The first-order valence-electron chi connectivity index (χ1n) is 6.39. The number of hydrogen-bond acceptors (Lipinski definition) is 4. The van der Waals surface area contributed by atoms with Crippen LogP contribution in [0.3, 0.4) is 0 Å². The van der Waals surface area contributed by atoms with Gasteiger partial charge >= 0.3 is 5.91 Å². The normalized spacial score (nSPS) is 10.9. The van der Waals surface area contributed by atoms with Crippen LogP contribution in [0.4, 0.5) is 0 Å². The second-order valence-corrected chi connectivity index (χ2v) is 6.75. The number of rotatable bonds is 4. The molecule has 3 aromatic rings. The van der Waals surface area contributed by atoms with Gasteiger partial charge in [-0.3, -0.25) is 10.2 Å². The van der Waals surface area contributed by atoms with Crippen molar-refractivity contribution in [1.29, 1.82) is 0 Å². The maximum absolute atomic E-state index is 12.1. The number of carbonyl (C=O) groups excluding carboxylic acids is 1. The molecule has 2 aromatic carbocycles. The topological polar surface area (TPSA) is 54.3 Å². The van der Waals surface area contributed by atoms with Gasteiger partial charge in [0.05, 0.1) is 0 Å². The second kappa shape index (κ2) is 7.03. The third-order valence-corrected chi connectivity index (χ3v) is 4.22. The van der Waals surface area contributed by atoms with Crippen molar-refractivity contribution < 1.29 is 9.21 Å². The molecule has 4 nitrogen and oxygen atoms in total. The van der Waals surface area contributed by atoms with Crippen LogP contribution in [0.1, 0.15) is 10.6 Å². The van der Waals surface area contributed by atoms with Gasteiger partial charge in [0.15, 0.2) is 5.76 Å². The van der Waals surface area contributed by atoms with Gasteiger partial charge in [-0.25, -0.2) is 0 Å². The number of benzene rings is 2. The van der Waals surface area contributed by atoms with E-state index in [9.17, 15) is 4.79 Å². The number of furan rings is 1. The fraction of sp³-hybridized carbons (Fsp3) is 0. The van der Waals surface area contributed by atoms with Gasteiger partial charge in [-0.15, -0.1) is 0 Å². The highest BCUT2D eigenvalue weighted by Gasteiger charge is 2.12. The Morgan fingerprint density at radius 1 is 0.957 bits per heavy atom. The zero-order valence-corrected chi connectivity index (χ0v) is 14.5. The van der Waals surface area contributed by atoms with Gasteiger partial charge in [0.2, 0.25) is 0 Å². The first kappa shape index (κ1) is 16.5. The molecule has 0 aliphatic rings. The number of amides is 1. The molecule has 8 heteroatoms. The van der Waals surface area contributed by atoms with Crippen LogP contribution in [0.25, 0.3) is 11.0 Å². The predicted molar refractivity (Wildman–Crippen MR) is 94.1 cm³/mol. The van der Waals surface area contributed by atoms with Gasteiger partial charge in [0, 0.05) is 25.3 Å². The Morgan fingerprint density at radius 2 is 1.70 bits per heavy atom. The lowest BCUT2D eigenvalue weighted by Gasteiger charge is -2.05. The lowest BCUT2D eigenvalue weighted by Crippen LogP contribution is -2.32. The third kappa shape index (κ3) is 4.13. The average Bonchev–Trinajstić information content (AvgIpc) is 2.89. The van der Waals surface area contributed by atoms with Crippen LogP contribution in [0.15, 0.2) is 51.8 Å². The minimum atomic E-state index is -0.405. The summed E-state index contributed by atoms with van der Waals surface area (Å²) < 4.78 is 5.46. The van der Waals surface area contributed by atoms with Crippen molar-refractivity contribution in [3.05, 3.63) is 63.3 Å². The van der Waals surface area contributed by atoms with Gasteiger partial charge in [-0.2, -0.15) is 4.83 Å². The van der Waals surface area contributed by atoms with E-state index in [0.717, 1.165) is 10.3 Å². The van der Waals surface area contributed by atoms with E-state index >= 15 is 0 Å². The Hall–Kier alpha value is -1.37. The molecule has 0 saturated heterocycles. The number of halogens is 3. The zero-order chi connectivity index (χ0) is 16.4. The standard InChI is InChI=1S/C15H9Cl3N2O2S/c16-9-1-2-13-8(3-9)4-14(22-13)15(21)19-20-23-12-6-10(17)5-11(18)7-12/h1-7,20H,(H,19,21). The molecular formula is C15H9Cl3N2O2S. The molecule has 0 aliphatic heterocycles. The molecule has 1 heterocycles. The van der Waals surface area contributed by atoms with Gasteiger partial charge in [0.25, 0.3) is 0 Å². The van der Waals surface area contributed by atoms with Gasteiger partial charge in [-0.05, 0) is 54.4 Å². The Morgan fingerprint density at radius 3 is 2.43 bits per heavy atom. The number of fused-ring (bicyclic) bond motifs is 1. The first-order chi connectivity index (χ1) is 11.0. The van der Waals surface area contributed by atoms with Crippen LogP contribution < -0.4 is 10.3 Å². The van der Waals surface area contributed by atoms with E-state index in [1.54, 1.807) is 42.5 Å². The summed E-state index contributed by atoms with van der Waals surface area (Å²) in [5.41, 5.74) is 3.11. The van der Waals surface area contributed by atoms with Crippen molar-refractivity contribution in [3.8, 4) is 0 Å². The van der Waals surface area contributed by atoms with Crippen molar-refractivity contribution in [2.24, 2.45) is 0 Å². The SMILES string of the molecule is O=C(NNSc1cc(Cl)cc(Cl)c1)c1cc2cc(Cl)ccc2o1. The molecule has 0 radical (unpaired) electrons. The van der Waals surface area contributed by atoms with Crippen LogP contribution in [0.2, 0.25) is 15.1 Å². The molecule has 2 N–H and O–H groups in total. The number of hydrazine groups is 1. The van der Waals surface area contributed by atoms with Crippen molar-refractivity contribution in [3.63, 3.8) is 0 Å². The molecule has 1 aromatic heterocycles. The summed E-state index contributed by atoms with van der Waals surface area (Å²) in [6.07, 6.45) is 0. The van der Waals surface area contributed by atoms with Crippen molar-refractivity contribution in [2.45, 2.75) is 4.90 Å². The molecule has 118 valence electrons. The molecule has 3 rings (SSSR count). The first-order valence-corrected chi connectivity index (χ1v) is 8.34. The lowest BCUT2D eigenvalue weighted by atomic mass is 10.2. The highest BCUT2D eigenvalue weighted by Crippen LogP contribution is 2.25. The predicted octanol–water partition coefficient (Wildman–Crippen LogP) is 5.33. The van der Waals surface area contributed by atoms with Crippen molar-refractivity contribution in [1.82, 2.24) is 10.3 Å². The summed E-state index contributed by atoms with van der Waals surface area (Å²) in [5, 5.41) is 2.37. The average molecular weight is 388 g/mol. The molecule has 1 amide bonds. The van der Waals surface area contributed by atoms with Crippen molar-refractivity contribution >= 4 is 63.6 Å². The van der Waals surface area contributed by atoms with Gasteiger partial charge < -0.3 is 4.42 Å². The maximum Gasteiger partial charge on any atom is 0.301 e. The second-order valence-electron chi connectivity index (χ2n) is 4.56. The highest BCUT2D eigenvalue weighted by molar-refractivity contribution is 7.97. The maximum atomic E-state index is 12.1. The Balaban J connectivity index is 1.64. The summed E-state index contributed by atoms with van der Waals surface area (Å²) in [4.78, 5) is 15.5. The van der Waals surface area contributed by atoms with Crippen LogP contribution >= 0.6 is 46.8 Å². The fourth-order valence-electron chi connectivity index (χ4n) is 1.91. The summed E-state index contributed by atoms with van der Waals surface area (Å²) in [6.45, 7) is 0. The van der Waals surface area contributed by atoms with Gasteiger partial charge in [-0.1, -0.05) is 34.8 Å². The Bertz CT molecular complexity index is 862. The van der Waals surface area contributed by atoms with Crippen molar-refractivity contribution in [2.75, 3.05) is 0 Å². The number of nitrogens with one attached hydrogen (secondary N) is 2. The Labute approximate surface area is 151 Å². The van der Waals surface area contributed by atoms with Crippen LogP contribution in [-0.4, -0.2) is 5.91 Å². The minimum Gasteiger partial charge on any atom is -0.451 e. The largest absolute Gasteiger partial charge is 0.451 e. The number of carbonyl (C=O) groups is 1. The summed E-state index contributed by atoms with van der Waals surface area (Å²) in [7, 11) is 0. The van der Waals surface area contributed by atoms with E-state index in [2.05, 4.69) is 10.3 Å². The van der Waals surface area contributed by atoms with Gasteiger partial charge in [0.1, 0.15) is 5.58 Å². The molecule has 0 atom stereocenters. The summed E-state index contributed by atoms with van der Waals surface area (Å²) in [5.74, 6) is -0.225. The van der Waals surface area contributed by atoms with E-state index in [1.165, 1.54) is 11.9 Å². The highest BCUT2D eigenvalue weighted by atomic mass is 35.5. The summed E-state index contributed by atoms with van der Waals surface area (Å²) in [6, 6.07) is 11.8. The van der Waals surface area contributed by atoms with E-state index < -0.39 is 5.91 Å². The quantitative estimate of drug-likeness (QED) is 0.469. The van der Waals surface area contributed by atoms with Crippen LogP contribution in [-0.2, 0) is 0 Å². The minimum absolute atomic E-state index is 0.180. The van der Waals surface area contributed by atoms with E-state index in [-0.39, 0.29) is 5.76 Å². The lowest BCUT2D eigenvalue weighted by molar-refractivity contribution is 0.0921. The monoisotopic (exact) mass is 386 g/mol. The molecule has 0 aliphatic carbocycles.